The Morgan fingerprint density at radius 1 is 1.22 bits per heavy atom. The molecule has 1 spiro atoms. The average Bonchev–Trinajstić information content (AvgIpc) is 2.65. The minimum Gasteiger partial charge on any atom is -0.392 e. The minimum atomic E-state index is -0.206. The highest BCUT2D eigenvalue weighted by atomic mass is 16.5. The number of rotatable bonds is 6. The van der Waals surface area contributed by atoms with Crippen LogP contribution in [0.1, 0.15) is 68.8 Å². The minimum absolute atomic E-state index is 0.0180. The van der Waals surface area contributed by atoms with E-state index in [1.807, 2.05) is 12.1 Å². The van der Waals surface area contributed by atoms with Gasteiger partial charge in [0.05, 0.1) is 12.2 Å². The molecule has 1 aliphatic heterocycles. The van der Waals surface area contributed by atoms with E-state index >= 15 is 0 Å². The standard InChI is InChI=1S/C23H35NO3/c1-22(2,3)18-9-7-17(8-10-18)19(25)6-5-13-24-14-11-23(12-15-24)20(26)16-21(23)27-4/h7-10,20-21,26H,5-6,11-16H2,1-4H3/t20-,21+/m1/s1. The zero-order chi connectivity index (χ0) is 19.7. The van der Waals surface area contributed by atoms with E-state index in [1.54, 1.807) is 7.11 Å². The summed E-state index contributed by atoms with van der Waals surface area (Å²) >= 11 is 0. The molecule has 0 bridgehead atoms. The molecule has 0 aromatic heterocycles. The van der Waals surface area contributed by atoms with Crippen molar-refractivity contribution in [2.75, 3.05) is 26.7 Å². The van der Waals surface area contributed by atoms with Gasteiger partial charge in [-0.05, 0) is 49.9 Å². The average molecular weight is 374 g/mol. The number of ether oxygens (including phenoxy) is 1. The highest BCUT2D eigenvalue weighted by Gasteiger charge is 2.55. The Morgan fingerprint density at radius 3 is 2.37 bits per heavy atom. The maximum atomic E-state index is 12.5. The van der Waals surface area contributed by atoms with Crippen molar-refractivity contribution >= 4 is 5.78 Å². The number of methoxy groups -OCH3 is 1. The highest BCUT2D eigenvalue weighted by Crippen LogP contribution is 2.50. The van der Waals surface area contributed by atoms with Gasteiger partial charge in [-0.2, -0.15) is 0 Å². The van der Waals surface area contributed by atoms with Crippen LogP contribution >= 0.6 is 0 Å². The lowest BCUT2D eigenvalue weighted by Crippen LogP contribution is -2.62. The molecule has 3 rings (SSSR count). The van der Waals surface area contributed by atoms with Gasteiger partial charge in [-0.3, -0.25) is 4.79 Å². The first-order chi connectivity index (χ1) is 12.8. The van der Waals surface area contributed by atoms with Crippen LogP contribution in [0.5, 0.6) is 0 Å². The zero-order valence-corrected chi connectivity index (χ0v) is 17.3. The third-order valence-corrected chi connectivity index (χ3v) is 6.76. The summed E-state index contributed by atoms with van der Waals surface area (Å²) in [6.07, 6.45) is 4.26. The fourth-order valence-corrected chi connectivity index (χ4v) is 4.67. The van der Waals surface area contributed by atoms with Crippen molar-refractivity contribution < 1.29 is 14.6 Å². The molecule has 150 valence electrons. The van der Waals surface area contributed by atoms with E-state index in [9.17, 15) is 9.90 Å². The number of piperidine rings is 1. The molecule has 0 unspecified atom stereocenters. The molecular weight excluding hydrogens is 338 g/mol. The number of Topliss-reactive ketones (excluding diaryl/α,β-unsaturated/α-hetero) is 1. The number of carbonyl (C=O) groups excluding carboxylic acids is 1. The third kappa shape index (κ3) is 4.28. The fourth-order valence-electron chi connectivity index (χ4n) is 4.67. The van der Waals surface area contributed by atoms with Crippen molar-refractivity contribution in [3.05, 3.63) is 35.4 Å². The van der Waals surface area contributed by atoms with Crippen molar-refractivity contribution in [2.45, 2.75) is 70.5 Å². The Hall–Kier alpha value is -1.23. The number of benzene rings is 1. The SMILES string of the molecule is CO[C@H]1C[C@@H](O)C12CCN(CCCC(=O)c1ccc(C(C)(C)C)cc1)CC2. The first kappa shape index (κ1) is 20.5. The number of likely N-dealkylation sites (tertiary alicyclic amines) is 1. The van der Waals surface area contributed by atoms with Crippen molar-refractivity contribution in [1.29, 1.82) is 0 Å². The van der Waals surface area contributed by atoms with Gasteiger partial charge in [0, 0.05) is 30.9 Å². The van der Waals surface area contributed by atoms with Gasteiger partial charge < -0.3 is 14.7 Å². The van der Waals surface area contributed by atoms with Gasteiger partial charge in [-0.1, -0.05) is 45.0 Å². The maximum Gasteiger partial charge on any atom is 0.162 e. The Morgan fingerprint density at radius 2 is 1.85 bits per heavy atom. The van der Waals surface area contributed by atoms with Gasteiger partial charge in [0.1, 0.15) is 0 Å². The number of aliphatic hydroxyl groups is 1. The van der Waals surface area contributed by atoms with Crippen molar-refractivity contribution in [3.8, 4) is 0 Å². The molecule has 1 saturated heterocycles. The van der Waals surface area contributed by atoms with Crippen LogP contribution in [0.2, 0.25) is 0 Å². The molecule has 1 saturated carbocycles. The molecule has 2 atom stereocenters. The molecule has 0 radical (unpaired) electrons. The lowest BCUT2D eigenvalue weighted by Gasteiger charge is -2.56. The Kier molecular flexibility index (Phi) is 6.09. The molecule has 1 aromatic rings. The molecule has 4 heteroatoms. The first-order valence-corrected chi connectivity index (χ1v) is 10.3. The third-order valence-electron chi connectivity index (χ3n) is 6.76. The van der Waals surface area contributed by atoms with Crippen LogP contribution in [-0.4, -0.2) is 54.7 Å². The van der Waals surface area contributed by atoms with Gasteiger partial charge in [-0.25, -0.2) is 0 Å². The Bertz CT molecular complexity index is 639. The first-order valence-electron chi connectivity index (χ1n) is 10.3. The highest BCUT2D eigenvalue weighted by molar-refractivity contribution is 5.96. The molecule has 1 heterocycles. The lowest BCUT2D eigenvalue weighted by atomic mass is 9.58. The largest absolute Gasteiger partial charge is 0.392 e. The number of aliphatic hydroxyl groups excluding tert-OH is 1. The number of nitrogens with zero attached hydrogens (tertiary/aromatic N) is 1. The summed E-state index contributed by atoms with van der Waals surface area (Å²) in [5.74, 6) is 0.234. The summed E-state index contributed by atoms with van der Waals surface area (Å²) in [6, 6.07) is 8.09. The molecule has 2 aliphatic rings. The number of hydrogen-bond donors (Lipinski definition) is 1. The molecule has 4 nitrogen and oxygen atoms in total. The second-order valence-electron chi connectivity index (χ2n) is 9.40. The normalized spacial score (nSPS) is 25.4. The van der Waals surface area contributed by atoms with Crippen LogP contribution in [-0.2, 0) is 10.2 Å². The topological polar surface area (TPSA) is 49.8 Å². The molecule has 1 aromatic carbocycles. The second kappa shape index (κ2) is 8.02. The van der Waals surface area contributed by atoms with E-state index in [0.717, 1.165) is 50.9 Å². The number of ketones is 1. The molecule has 27 heavy (non-hydrogen) atoms. The predicted molar refractivity (Wildman–Crippen MR) is 108 cm³/mol. The summed E-state index contributed by atoms with van der Waals surface area (Å²) in [7, 11) is 1.75. The van der Waals surface area contributed by atoms with Gasteiger partial charge in [0.15, 0.2) is 5.78 Å². The summed E-state index contributed by atoms with van der Waals surface area (Å²) < 4.78 is 5.55. The second-order valence-corrected chi connectivity index (χ2v) is 9.40. The van der Waals surface area contributed by atoms with Crippen LogP contribution in [0.3, 0.4) is 0 Å². The van der Waals surface area contributed by atoms with Crippen LogP contribution in [0, 0.1) is 5.41 Å². The van der Waals surface area contributed by atoms with Crippen LogP contribution < -0.4 is 0 Å². The van der Waals surface area contributed by atoms with E-state index in [1.165, 1.54) is 5.56 Å². The smallest absolute Gasteiger partial charge is 0.162 e. The molecule has 1 aliphatic carbocycles. The van der Waals surface area contributed by atoms with Gasteiger partial charge in [-0.15, -0.1) is 0 Å². The van der Waals surface area contributed by atoms with E-state index < -0.39 is 0 Å². The maximum absolute atomic E-state index is 12.5. The Balaban J connectivity index is 1.42. The fraction of sp³-hybridized carbons (Fsp3) is 0.696. The molecular formula is C23H35NO3. The van der Waals surface area contributed by atoms with Gasteiger partial charge >= 0.3 is 0 Å². The van der Waals surface area contributed by atoms with E-state index in [-0.39, 0.29) is 28.8 Å². The monoisotopic (exact) mass is 373 g/mol. The van der Waals surface area contributed by atoms with Gasteiger partial charge in [0.2, 0.25) is 0 Å². The summed E-state index contributed by atoms with van der Waals surface area (Å²) in [5.41, 5.74) is 2.17. The van der Waals surface area contributed by atoms with Gasteiger partial charge in [0.25, 0.3) is 0 Å². The van der Waals surface area contributed by atoms with Crippen LogP contribution in [0.15, 0.2) is 24.3 Å². The predicted octanol–water partition coefficient (Wildman–Crippen LogP) is 3.81. The van der Waals surface area contributed by atoms with E-state index in [4.69, 9.17) is 4.74 Å². The quantitative estimate of drug-likeness (QED) is 0.771. The van der Waals surface area contributed by atoms with Crippen molar-refractivity contribution in [1.82, 2.24) is 4.90 Å². The van der Waals surface area contributed by atoms with Crippen molar-refractivity contribution in [3.63, 3.8) is 0 Å². The molecule has 0 amide bonds. The summed E-state index contributed by atoms with van der Waals surface area (Å²) in [6.45, 7) is 9.49. The zero-order valence-electron chi connectivity index (χ0n) is 17.3. The summed E-state index contributed by atoms with van der Waals surface area (Å²) in [5, 5.41) is 10.2. The Labute approximate surface area is 163 Å². The number of carbonyl (C=O) groups is 1. The summed E-state index contributed by atoms with van der Waals surface area (Å²) in [4.78, 5) is 14.9. The lowest BCUT2D eigenvalue weighted by molar-refractivity contribution is -0.201. The van der Waals surface area contributed by atoms with Crippen LogP contribution in [0.4, 0.5) is 0 Å². The van der Waals surface area contributed by atoms with E-state index in [2.05, 4.69) is 37.8 Å². The molecule has 2 fully saturated rings. The van der Waals surface area contributed by atoms with Crippen LogP contribution in [0.25, 0.3) is 0 Å². The van der Waals surface area contributed by atoms with Crippen molar-refractivity contribution in [2.24, 2.45) is 5.41 Å². The van der Waals surface area contributed by atoms with E-state index in [0.29, 0.717) is 6.42 Å². The number of hydrogen-bond acceptors (Lipinski definition) is 4. The molecule has 1 N–H and O–H groups in total.